The Hall–Kier alpha value is -1.50. The lowest BCUT2D eigenvalue weighted by Gasteiger charge is -2.13. The van der Waals surface area contributed by atoms with Gasteiger partial charge in [-0.05, 0) is 11.3 Å². The lowest BCUT2D eigenvalue weighted by molar-refractivity contribution is -0.381. The van der Waals surface area contributed by atoms with Gasteiger partial charge in [-0.15, -0.1) is 0 Å². The highest BCUT2D eigenvalue weighted by Crippen LogP contribution is 2.37. The van der Waals surface area contributed by atoms with E-state index in [0.717, 1.165) is 11.3 Å². The number of thiazole rings is 1. The number of aromatic nitrogens is 1. The number of nitro groups is 1. The number of anilines is 1. The van der Waals surface area contributed by atoms with Crippen LogP contribution in [0.4, 0.5) is 10.1 Å². The highest BCUT2D eigenvalue weighted by molar-refractivity contribution is 7.19. The van der Waals surface area contributed by atoms with Gasteiger partial charge in [-0.1, -0.05) is 20.8 Å². The van der Waals surface area contributed by atoms with Crippen LogP contribution in [0.3, 0.4) is 0 Å². The van der Waals surface area contributed by atoms with Crippen molar-refractivity contribution in [1.82, 2.24) is 4.98 Å². The Bertz CT molecular complexity index is 434. The number of rotatable bonds is 2. The van der Waals surface area contributed by atoms with Gasteiger partial charge in [-0.3, -0.25) is 14.9 Å². The van der Waals surface area contributed by atoms with Gasteiger partial charge < -0.3 is 5.32 Å². The summed E-state index contributed by atoms with van der Waals surface area (Å²) in [4.78, 5) is 25.3. The molecule has 0 saturated heterocycles. The molecule has 6 nitrogen and oxygen atoms in total. The predicted octanol–water partition coefficient (Wildman–Crippen LogP) is 2.31. The van der Waals surface area contributed by atoms with Crippen LogP contribution < -0.4 is 5.32 Å². The van der Waals surface area contributed by atoms with Gasteiger partial charge in [0.15, 0.2) is 5.13 Å². The summed E-state index contributed by atoms with van der Waals surface area (Å²) in [7, 11) is 0. The molecule has 1 heterocycles. The molecule has 1 amide bonds. The molecule has 0 aliphatic carbocycles. The van der Waals surface area contributed by atoms with Crippen LogP contribution >= 0.6 is 11.3 Å². The Morgan fingerprint density at radius 2 is 2.06 bits per heavy atom. The third-order valence-electron chi connectivity index (χ3n) is 1.77. The molecule has 1 aromatic heterocycles. The standard InChI is InChI=1S/C9H13N3O3S/c1-5(13)10-8-11-6(9(2,3)4)7(16-8)12(14)15/h1-4H3,(H,10,11,13). The monoisotopic (exact) mass is 243 g/mol. The van der Waals surface area contributed by atoms with E-state index in [9.17, 15) is 14.9 Å². The highest BCUT2D eigenvalue weighted by Gasteiger charge is 2.30. The molecule has 1 aromatic rings. The average Bonchev–Trinajstić information content (AvgIpc) is 2.45. The van der Waals surface area contributed by atoms with E-state index in [4.69, 9.17) is 0 Å². The first-order valence-electron chi connectivity index (χ1n) is 4.65. The second kappa shape index (κ2) is 4.17. The Kier molecular flexibility index (Phi) is 3.27. The lowest BCUT2D eigenvalue weighted by atomic mass is 9.93. The van der Waals surface area contributed by atoms with Crippen LogP contribution in [0.15, 0.2) is 0 Å². The zero-order valence-electron chi connectivity index (χ0n) is 9.53. The highest BCUT2D eigenvalue weighted by atomic mass is 32.1. The Balaban J connectivity index is 3.21. The summed E-state index contributed by atoms with van der Waals surface area (Å²) in [5, 5.41) is 13.5. The molecule has 88 valence electrons. The summed E-state index contributed by atoms with van der Waals surface area (Å²) in [5.74, 6) is -0.288. The molecule has 0 spiro atoms. The van der Waals surface area contributed by atoms with E-state index in [-0.39, 0.29) is 16.0 Å². The van der Waals surface area contributed by atoms with Crippen molar-refractivity contribution in [2.24, 2.45) is 0 Å². The number of nitrogens with one attached hydrogen (secondary N) is 1. The van der Waals surface area contributed by atoms with Crippen molar-refractivity contribution in [2.75, 3.05) is 5.32 Å². The van der Waals surface area contributed by atoms with Crippen LogP contribution in [0.25, 0.3) is 0 Å². The third-order valence-corrected chi connectivity index (χ3v) is 2.69. The lowest BCUT2D eigenvalue weighted by Crippen LogP contribution is -2.14. The molecule has 7 heteroatoms. The maximum absolute atomic E-state index is 10.8. The van der Waals surface area contributed by atoms with E-state index < -0.39 is 10.3 Å². The third kappa shape index (κ3) is 2.75. The van der Waals surface area contributed by atoms with Crippen LogP contribution in [-0.2, 0) is 10.2 Å². The van der Waals surface area contributed by atoms with Crippen LogP contribution in [0.5, 0.6) is 0 Å². The van der Waals surface area contributed by atoms with E-state index in [1.54, 1.807) is 0 Å². The Labute approximate surface area is 96.8 Å². The number of carbonyl (C=O) groups excluding carboxylic acids is 1. The second-order valence-electron chi connectivity index (χ2n) is 4.36. The molecule has 0 aliphatic rings. The summed E-state index contributed by atoms with van der Waals surface area (Å²) in [6.07, 6.45) is 0. The van der Waals surface area contributed by atoms with Crippen molar-refractivity contribution in [3.8, 4) is 0 Å². The number of hydrogen-bond acceptors (Lipinski definition) is 5. The van der Waals surface area contributed by atoms with Crippen LogP contribution in [0.2, 0.25) is 0 Å². The summed E-state index contributed by atoms with van der Waals surface area (Å²) in [6, 6.07) is 0. The molecular formula is C9H13N3O3S. The van der Waals surface area contributed by atoms with E-state index in [2.05, 4.69) is 10.3 Å². The summed E-state index contributed by atoms with van der Waals surface area (Å²) in [6.45, 7) is 6.86. The molecule has 0 aliphatic heterocycles. The smallest absolute Gasteiger partial charge is 0.302 e. The molecule has 0 fully saturated rings. The molecule has 0 atom stereocenters. The fraction of sp³-hybridized carbons (Fsp3) is 0.556. The second-order valence-corrected chi connectivity index (χ2v) is 5.34. The minimum atomic E-state index is -0.469. The summed E-state index contributed by atoms with van der Waals surface area (Å²) < 4.78 is 0. The molecule has 1 N–H and O–H groups in total. The minimum absolute atomic E-state index is 0.0174. The van der Waals surface area contributed by atoms with Gasteiger partial charge in [0.05, 0.1) is 4.92 Å². The van der Waals surface area contributed by atoms with Gasteiger partial charge in [0.2, 0.25) is 5.91 Å². The topological polar surface area (TPSA) is 85.1 Å². The number of carbonyl (C=O) groups is 1. The first-order valence-corrected chi connectivity index (χ1v) is 5.46. The van der Waals surface area contributed by atoms with Crippen molar-refractivity contribution in [1.29, 1.82) is 0 Å². The average molecular weight is 243 g/mol. The van der Waals surface area contributed by atoms with Crippen molar-refractivity contribution >= 4 is 27.4 Å². The number of hydrogen-bond donors (Lipinski definition) is 1. The molecule has 0 unspecified atom stereocenters. The van der Waals surface area contributed by atoms with Crippen LogP contribution in [0.1, 0.15) is 33.4 Å². The summed E-state index contributed by atoms with van der Waals surface area (Å²) in [5.41, 5.74) is -0.0263. The Morgan fingerprint density at radius 3 is 2.38 bits per heavy atom. The van der Waals surface area contributed by atoms with Crippen molar-refractivity contribution in [3.05, 3.63) is 15.8 Å². The van der Waals surface area contributed by atoms with Gasteiger partial charge in [-0.25, -0.2) is 4.98 Å². The molecule has 0 bridgehead atoms. The van der Waals surface area contributed by atoms with Gasteiger partial charge in [-0.2, -0.15) is 0 Å². The number of nitrogens with zero attached hydrogens (tertiary/aromatic N) is 2. The summed E-state index contributed by atoms with van der Waals surface area (Å²) >= 11 is 0.881. The predicted molar refractivity (Wildman–Crippen MR) is 61.8 cm³/mol. The van der Waals surface area contributed by atoms with E-state index in [0.29, 0.717) is 5.69 Å². The molecule has 0 saturated carbocycles. The molecule has 16 heavy (non-hydrogen) atoms. The normalized spacial score (nSPS) is 11.2. The molecular weight excluding hydrogens is 230 g/mol. The fourth-order valence-corrected chi connectivity index (χ4v) is 2.17. The molecule has 0 aromatic carbocycles. The van der Waals surface area contributed by atoms with E-state index in [1.165, 1.54) is 6.92 Å². The SMILES string of the molecule is CC(=O)Nc1nc(C(C)(C)C)c([N+](=O)[O-])s1. The van der Waals surface area contributed by atoms with Crippen molar-refractivity contribution < 1.29 is 9.72 Å². The minimum Gasteiger partial charge on any atom is -0.302 e. The maximum atomic E-state index is 10.8. The largest absolute Gasteiger partial charge is 0.349 e. The molecule has 1 rings (SSSR count). The van der Waals surface area contributed by atoms with Gasteiger partial charge in [0.1, 0.15) is 5.69 Å². The van der Waals surface area contributed by atoms with E-state index >= 15 is 0 Å². The first-order chi connectivity index (χ1) is 7.21. The van der Waals surface area contributed by atoms with Crippen LogP contribution in [-0.4, -0.2) is 15.8 Å². The van der Waals surface area contributed by atoms with Crippen molar-refractivity contribution in [3.63, 3.8) is 0 Å². The maximum Gasteiger partial charge on any atom is 0.349 e. The van der Waals surface area contributed by atoms with Crippen molar-refractivity contribution in [2.45, 2.75) is 33.1 Å². The van der Waals surface area contributed by atoms with Gasteiger partial charge in [0, 0.05) is 12.3 Å². The van der Waals surface area contributed by atoms with Gasteiger partial charge >= 0.3 is 5.00 Å². The van der Waals surface area contributed by atoms with Crippen LogP contribution in [0, 0.1) is 10.1 Å². The Morgan fingerprint density at radius 1 is 1.50 bits per heavy atom. The first kappa shape index (κ1) is 12.6. The molecule has 0 radical (unpaired) electrons. The quantitative estimate of drug-likeness (QED) is 0.638. The number of amides is 1. The zero-order valence-corrected chi connectivity index (χ0v) is 10.3. The van der Waals surface area contributed by atoms with E-state index in [1.807, 2.05) is 20.8 Å². The van der Waals surface area contributed by atoms with Gasteiger partial charge in [0.25, 0.3) is 0 Å². The zero-order chi connectivity index (χ0) is 12.5. The fourth-order valence-electron chi connectivity index (χ4n) is 1.13.